The third-order valence-corrected chi connectivity index (χ3v) is 3.59. The zero-order chi connectivity index (χ0) is 19.5. The Labute approximate surface area is 209 Å². The molecule has 7 nitrogen and oxygen atoms in total. The summed E-state index contributed by atoms with van der Waals surface area (Å²) in [5, 5.41) is 11.1. The van der Waals surface area contributed by atoms with Gasteiger partial charge in [0.05, 0.1) is 13.2 Å². The fourth-order valence-corrected chi connectivity index (χ4v) is 2.45. The molecule has 1 amide bonds. The fraction of sp³-hybridized carbons (Fsp3) is 0.421. The van der Waals surface area contributed by atoms with E-state index in [1.54, 1.807) is 29.2 Å². The summed E-state index contributed by atoms with van der Waals surface area (Å²) >= 11 is 0. The maximum atomic E-state index is 12.3. The summed E-state index contributed by atoms with van der Waals surface area (Å²) in [5.74, 6) is -1.21. The largest absolute Gasteiger partial charge is 1.00 e. The van der Waals surface area contributed by atoms with E-state index in [9.17, 15) is 14.7 Å². The maximum absolute atomic E-state index is 12.3. The predicted octanol–water partition coefficient (Wildman–Crippen LogP) is -5.74. The zero-order valence-corrected chi connectivity index (χ0v) is 20.8. The fourth-order valence-electron chi connectivity index (χ4n) is 2.45. The van der Waals surface area contributed by atoms with Crippen molar-refractivity contribution in [3.63, 3.8) is 0 Å². The molecule has 0 aromatic heterocycles. The van der Waals surface area contributed by atoms with Gasteiger partial charge in [0, 0.05) is 18.7 Å². The molecule has 28 heavy (non-hydrogen) atoms. The van der Waals surface area contributed by atoms with Crippen LogP contribution >= 0.6 is 0 Å². The van der Waals surface area contributed by atoms with Gasteiger partial charge >= 0.3 is 65.3 Å². The van der Waals surface area contributed by atoms with Gasteiger partial charge in [-0.1, -0.05) is 26.0 Å². The van der Waals surface area contributed by atoms with E-state index in [0.717, 1.165) is 5.56 Å². The number of amides is 1. The maximum Gasteiger partial charge on any atom is 1.00 e. The first-order chi connectivity index (χ1) is 12.4. The first-order valence-corrected chi connectivity index (χ1v) is 8.18. The van der Waals surface area contributed by atoms with Crippen molar-refractivity contribution in [2.75, 3.05) is 26.3 Å². The SMILES string of the molecule is CC(C)[C-]=C(Cc1ccc(C(=O)N2CCOCC2)cc1)C(=O)[O-].O=C=O.[Na+].[Na+]. The monoisotopic (exact) mass is 405 g/mol. The number of carbonyl (C=O) groups excluding carboxylic acids is 4. The van der Waals surface area contributed by atoms with Gasteiger partial charge in [0.15, 0.2) is 0 Å². The molecule has 0 radical (unpaired) electrons. The Balaban J connectivity index is 0. The molecule has 1 heterocycles. The minimum absolute atomic E-state index is 0. The van der Waals surface area contributed by atoms with Crippen molar-refractivity contribution in [3.05, 3.63) is 47.0 Å². The minimum atomic E-state index is -1.20. The van der Waals surface area contributed by atoms with Gasteiger partial charge in [0.2, 0.25) is 0 Å². The molecule has 1 fully saturated rings. The number of rotatable bonds is 5. The van der Waals surface area contributed by atoms with Crippen LogP contribution in [0.5, 0.6) is 0 Å². The van der Waals surface area contributed by atoms with Crippen molar-refractivity contribution in [3.8, 4) is 0 Å². The molecular weight excluding hydrogens is 384 g/mol. The molecule has 0 saturated carbocycles. The van der Waals surface area contributed by atoms with Crippen LogP contribution in [0, 0.1) is 12.0 Å². The van der Waals surface area contributed by atoms with Crippen LogP contribution in [-0.4, -0.2) is 49.2 Å². The number of carboxylic acid groups (broad SMARTS) is 1. The van der Waals surface area contributed by atoms with E-state index < -0.39 is 5.97 Å². The second-order valence-electron chi connectivity index (χ2n) is 5.93. The molecule has 0 unspecified atom stereocenters. The normalized spacial score (nSPS) is 13.2. The minimum Gasteiger partial charge on any atom is -0.658 e. The van der Waals surface area contributed by atoms with Gasteiger partial charge in [-0.2, -0.15) is 15.2 Å². The van der Waals surface area contributed by atoms with Crippen molar-refractivity contribution < 1.29 is 88.1 Å². The molecule has 0 aliphatic carbocycles. The van der Waals surface area contributed by atoms with Crippen molar-refractivity contribution in [2.24, 2.45) is 5.92 Å². The number of aliphatic carboxylic acids is 1. The van der Waals surface area contributed by atoms with E-state index in [2.05, 4.69) is 6.08 Å². The summed E-state index contributed by atoms with van der Waals surface area (Å²) in [6, 6.07) is 7.02. The van der Waals surface area contributed by atoms with Gasteiger partial charge in [0.1, 0.15) is 0 Å². The van der Waals surface area contributed by atoms with E-state index in [1.807, 2.05) is 13.8 Å². The van der Waals surface area contributed by atoms with Crippen LogP contribution in [0.15, 0.2) is 29.8 Å². The Morgan fingerprint density at radius 2 is 1.64 bits per heavy atom. The van der Waals surface area contributed by atoms with Crippen LogP contribution in [0.25, 0.3) is 0 Å². The van der Waals surface area contributed by atoms with E-state index >= 15 is 0 Å². The molecule has 140 valence electrons. The zero-order valence-electron chi connectivity index (χ0n) is 16.8. The van der Waals surface area contributed by atoms with Crippen molar-refractivity contribution in [2.45, 2.75) is 20.3 Å². The summed E-state index contributed by atoms with van der Waals surface area (Å²) in [7, 11) is 0. The Morgan fingerprint density at radius 1 is 1.14 bits per heavy atom. The summed E-state index contributed by atoms with van der Waals surface area (Å²) in [4.78, 5) is 41.5. The number of ether oxygens (including phenoxy) is 1. The average molecular weight is 405 g/mol. The van der Waals surface area contributed by atoms with Crippen LogP contribution in [0.4, 0.5) is 0 Å². The summed E-state index contributed by atoms with van der Waals surface area (Å²) < 4.78 is 5.24. The molecule has 0 spiro atoms. The summed E-state index contributed by atoms with van der Waals surface area (Å²) in [6.45, 7) is 6.06. The molecule has 0 bridgehead atoms. The van der Waals surface area contributed by atoms with E-state index in [-0.39, 0.29) is 89.1 Å². The smallest absolute Gasteiger partial charge is 0.658 e. The molecule has 0 N–H and O–H groups in total. The molecule has 9 heteroatoms. The number of hydrogen-bond acceptors (Lipinski definition) is 6. The number of carbonyl (C=O) groups is 2. The first kappa shape index (κ1) is 29.4. The molecule has 0 atom stereocenters. The van der Waals surface area contributed by atoms with E-state index in [4.69, 9.17) is 14.3 Å². The average Bonchev–Trinajstić information content (AvgIpc) is 2.62. The summed E-state index contributed by atoms with van der Waals surface area (Å²) in [5.41, 5.74) is 1.56. The third-order valence-electron chi connectivity index (χ3n) is 3.59. The standard InChI is InChI=1S/C18H22NO4.CO2.2Na/c1-13(2)11-16(18(21)22)12-14-3-5-15(6-4-14)17(20)19-7-9-23-10-8-19;2-1-3;;/h3-6,13H,7-10,12H2,1-2H3,(H,21,22);;;/q-1;;2*+1/p-1. The Morgan fingerprint density at radius 3 is 2.07 bits per heavy atom. The number of benzene rings is 1. The number of morpholine rings is 1. The molecule has 1 aromatic rings. The molecule has 1 aliphatic heterocycles. The van der Waals surface area contributed by atoms with E-state index in [0.29, 0.717) is 31.9 Å². The molecule has 1 aliphatic rings. The van der Waals surface area contributed by atoms with Crippen LogP contribution in [0.1, 0.15) is 29.8 Å². The predicted molar refractivity (Wildman–Crippen MR) is 88.5 cm³/mol. The molecule has 1 saturated heterocycles. The number of hydrogen-bond donors (Lipinski definition) is 0. The number of allylic oxidation sites excluding steroid dienone is 1. The first-order valence-electron chi connectivity index (χ1n) is 8.18. The van der Waals surface area contributed by atoms with Crippen molar-refractivity contribution >= 4 is 18.0 Å². The van der Waals surface area contributed by atoms with Gasteiger partial charge in [-0.15, -0.1) is 11.9 Å². The van der Waals surface area contributed by atoms with Crippen LogP contribution in [0.3, 0.4) is 0 Å². The van der Waals surface area contributed by atoms with Crippen LogP contribution in [-0.2, 0) is 25.5 Å². The van der Waals surface area contributed by atoms with Gasteiger partial charge in [0.25, 0.3) is 5.91 Å². The second kappa shape index (κ2) is 16.1. The van der Waals surface area contributed by atoms with Gasteiger partial charge < -0.3 is 19.5 Å². The Bertz CT molecular complexity index is 676. The molecule has 2 rings (SSSR count). The topological polar surface area (TPSA) is 104 Å². The summed E-state index contributed by atoms with van der Waals surface area (Å²) in [6.07, 6.45) is 3.38. The third kappa shape index (κ3) is 10.7. The van der Waals surface area contributed by atoms with Gasteiger partial charge in [-0.25, -0.2) is 0 Å². The molecule has 1 aromatic carbocycles. The molecular formula is C19H21NNa2O6. The Hall–Kier alpha value is -0.760. The van der Waals surface area contributed by atoms with Gasteiger partial charge in [-0.05, 0) is 24.1 Å². The quantitative estimate of drug-likeness (QED) is 0.275. The number of nitrogens with zero attached hydrogens (tertiary/aromatic N) is 1. The van der Waals surface area contributed by atoms with Crippen LogP contribution < -0.4 is 64.2 Å². The number of carboxylic acids is 1. The van der Waals surface area contributed by atoms with Crippen LogP contribution in [0.2, 0.25) is 0 Å². The van der Waals surface area contributed by atoms with E-state index in [1.165, 1.54) is 0 Å². The van der Waals surface area contributed by atoms with Crippen molar-refractivity contribution in [1.29, 1.82) is 0 Å². The van der Waals surface area contributed by atoms with Crippen molar-refractivity contribution in [1.82, 2.24) is 4.90 Å². The second-order valence-corrected chi connectivity index (χ2v) is 5.93. The van der Waals surface area contributed by atoms with Gasteiger partial charge in [-0.3, -0.25) is 10.9 Å². The Kier molecular flexibility index (Phi) is 16.9.